The summed E-state index contributed by atoms with van der Waals surface area (Å²) in [5, 5.41) is 0. The van der Waals surface area contributed by atoms with Gasteiger partial charge in [-0.1, -0.05) is 6.07 Å². The van der Waals surface area contributed by atoms with E-state index in [9.17, 15) is 39.6 Å². The lowest BCUT2D eigenvalue weighted by Gasteiger charge is -2.40. The van der Waals surface area contributed by atoms with Gasteiger partial charge >= 0.3 is 12.4 Å². The number of sulfone groups is 1. The minimum absolute atomic E-state index is 0.0168. The van der Waals surface area contributed by atoms with Crippen molar-refractivity contribution in [2.24, 2.45) is 5.92 Å². The van der Waals surface area contributed by atoms with E-state index in [0.717, 1.165) is 24.3 Å². The van der Waals surface area contributed by atoms with Gasteiger partial charge in [-0.2, -0.15) is 26.3 Å². The Morgan fingerprint density at radius 2 is 1.50 bits per heavy atom. The Kier molecular flexibility index (Phi) is 7.74. The standard InChI is InChI=1S/C27H25F6N3O3S/c1-25(2,40(38,39)21-5-3-4-19(14-21)26(28,29)30)18-8-12-36(13-9-18)24(37)23-22(17-6-10-34-11-7-17)15-20(16-35-23)27(31,32)33/h3-7,10-11,14-16,18H,8-9,12-13H2,1-2H3. The maximum absolute atomic E-state index is 13.4. The van der Waals surface area contributed by atoms with Gasteiger partial charge in [0.15, 0.2) is 9.84 Å². The number of nitrogens with zero attached hydrogens (tertiary/aromatic N) is 3. The van der Waals surface area contributed by atoms with E-state index < -0.39 is 54.8 Å². The summed E-state index contributed by atoms with van der Waals surface area (Å²) in [7, 11) is -4.20. The number of rotatable bonds is 5. The number of likely N-dealkylation sites (tertiary alicyclic amines) is 1. The summed E-state index contributed by atoms with van der Waals surface area (Å²) < 4.78 is 105. The first-order chi connectivity index (χ1) is 18.5. The normalized spacial score (nSPS) is 15.8. The zero-order valence-corrected chi connectivity index (χ0v) is 22.2. The predicted octanol–water partition coefficient (Wildman–Crippen LogP) is 6.29. The van der Waals surface area contributed by atoms with Gasteiger partial charge < -0.3 is 4.90 Å². The molecule has 40 heavy (non-hydrogen) atoms. The van der Waals surface area contributed by atoms with Gasteiger partial charge in [0.05, 0.1) is 20.8 Å². The SMILES string of the molecule is CC(C)(C1CCN(C(=O)c2ncc(C(F)(F)F)cc2-c2ccncc2)CC1)S(=O)(=O)c1cccc(C(F)(F)F)c1. The van der Waals surface area contributed by atoms with Crippen LogP contribution in [0.2, 0.25) is 0 Å². The summed E-state index contributed by atoms with van der Waals surface area (Å²) in [6.07, 6.45) is -5.61. The summed E-state index contributed by atoms with van der Waals surface area (Å²) in [5.74, 6) is -1.12. The molecule has 0 unspecified atom stereocenters. The third kappa shape index (κ3) is 5.70. The molecule has 13 heteroatoms. The number of aromatic nitrogens is 2. The Labute approximate surface area is 227 Å². The highest BCUT2D eigenvalue weighted by Crippen LogP contribution is 2.40. The topological polar surface area (TPSA) is 80.2 Å². The average Bonchev–Trinajstić information content (AvgIpc) is 2.92. The van der Waals surface area contributed by atoms with E-state index in [1.165, 1.54) is 43.3 Å². The quantitative estimate of drug-likeness (QED) is 0.329. The molecule has 214 valence electrons. The Hall–Kier alpha value is -3.48. The molecule has 0 saturated carbocycles. The fourth-order valence-electron chi connectivity index (χ4n) is 4.83. The Bertz CT molecular complexity index is 1500. The molecule has 0 aliphatic carbocycles. The summed E-state index contributed by atoms with van der Waals surface area (Å²) in [6.45, 7) is 3.07. The molecular weight excluding hydrogens is 560 g/mol. The molecule has 1 fully saturated rings. The number of pyridine rings is 2. The van der Waals surface area contributed by atoms with Crippen molar-refractivity contribution in [2.45, 2.75) is 48.7 Å². The van der Waals surface area contributed by atoms with Crippen LogP contribution in [0.15, 0.2) is 66.0 Å². The van der Waals surface area contributed by atoms with E-state index in [-0.39, 0.29) is 37.2 Å². The van der Waals surface area contributed by atoms with Crippen LogP contribution in [0.5, 0.6) is 0 Å². The van der Waals surface area contributed by atoms with E-state index in [2.05, 4.69) is 9.97 Å². The zero-order chi connectivity index (χ0) is 29.5. The Morgan fingerprint density at radius 1 is 0.900 bits per heavy atom. The molecule has 1 aromatic carbocycles. The summed E-state index contributed by atoms with van der Waals surface area (Å²) in [6, 6.07) is 7.36. The van der Waals surface area contributed by atoms with E-state index in [4.69, 9.17) is 0 Å². The van der Waals surface area contributed by atoms with E-state index in [1.807, 2.05) is 0 Å². The third-order valence-electron chi connectivity index (χ3n) is 7.34. The lowest BCUT2D eigenvalue weighted by atomic mass is 9.85. The zero-order valence-electron chi connectivity index (χ0n) is 21.4. The van der Waals surface area contributed by atoms with Gasteiger partial charge in [-0.25, -0.2) is 13.4 Å². The minimum Gasteiger partial charge on any atom is -0.337 e. The van der Waals surface area contributed by atoms with Crippen LogP contribution >= 0.6 is 0 Å². The number of alkyl halides is 6. The smallest absolute Gasteiger partial charge is 0.337 e. The van der Waals surface area contributed by atoms with Crippen molar-refractivity contribution >= 4 is 15.7 Å². The number of hydrogen-bond donors (Lipinski definition) is 0. The van der Waals surface area contributed by atoms with Crippen LogP contribution in [0, 0.1) is 5.92 Å². The van der Waals surface area contributed by atoms with Gasteiger partial charge in [0, 0.05) is 37.2 Å². The molecule has 0 atom stereocenters. The number of benzene rings is 1. The molecule has 0 bridgehead atoms. The fraction of sp³-hybridized carbons (Fsp3) is 0.370. The molecule has 1 aliphatic rings. The van der Waals surface area contributed by atoms with Gasteiger partial charge in [-0.05, 0) is 74.6 Å². The first kappa shape index (κ1) is 29.5. The monoisotopic (exact) mass is 585 g/mol. The molecule has 1 amide bonds. The Morgan fingerprint density at radius 3 is 2.08 bits per heavy atom. The van der Waals surface area contributed by atoms with Gasteiger partial charge in [-0.15, -0.1) is 0 Å². The van der Waals surface area contributed by atoms with Crippen LogP contribution in [-0.4, -0.2) is 47.0 Å². The highest BCUT2D eigenvalue weighted by molar-refractivity contribution is 7.92. The van der Waals surface area contributed by atoms with Crippen molar-refractivity contribution in [1.82, 2.24) is 14.9 Å². The number of carbonyl (C=O) groups is 1. The highest BCUT2D eigenvalue weighted by atomic mass is 32.2. The van der Waals surface area contributed by atoms with Crippen LogP contribution in [0.3, 0.4) is 0 Å². The molecule has 3 aromatic rings. The molecule has 0 spiro atoms. The number of carbonyl (C=O) groups excluding carboxylic acids is 1. The van der Waals surface area contributed by atoms with Gasteiger partial charge in [0.25, 0.3) is 5.91 Å². The predicted molar refractivity (Wildman–Crippen MR) is 134 cm³/mol. The lowest BCUT2D eigenvalue weighted by molar-refractivity contribution is -0.138. The molecule has 3 heterocycles. The number of halogens is 6. The van der Waals surface area contributed by atoms with Crippen molar-refractivity contribution in [3.05, 3.63) is 77.9 Å². The lowest BCUT2D eigenvalue weighted by Crippen LogP contribution is -2.47. The molecule has 1 saturated heterocycles. The average molecular weight is 586 g/mol. The van der Waals surface area contributed by atoms with Gasteiger partial charge in [0.2, 0.25) is 0 Å². The number of amides is 1. The fourth-order valence-corrected chi connectivity index (χ4v) is 6.65. The van der Waals surface area contributed by atoms with Gasteiger partial charge in [0.1, 0.15) is 5.69 Å². The van der Waals surface area contributed by atoms with Crippen molar-refractivity contribution in [1.29, 1.82) is 0 Å². The molecule has 0 N–H and O–H groups in total. The first-order valence-corrected chi connectivity index (χ1v) is 13.7. The van der Waals surface area contributed by atoms with Crippen molar-refractivity contribution in [3.8, 4) is 11.1 Å². The second kappa shape index (κ2) is 10.5. The molecule has 4 rings (SSSR count). The third-order valence-corrected chi connectivity index (χ3v) is 9.93. The van der Waals surface area contributed by atoms with Crippen LogP contribution < -0.4 is 0 Å². The maximum atomic E-state index is 13.4. The number of piperidine rings is 1. The second-order valence-electron chi connectivity index (χ2n) is 10.1. The summed E-state index contributed by atoms with van der Waals surface area (Å²) >= 11 is 0. The second-order valence-corrected chi connectivity index (χ2v) is 12.6. The maximum Gasteiger partial charge on any atom is 0.417 e. The first-order valence-electron chi connectivity index (χ1n) is 12.2. The number of hydrogen-bond acceptors (Lipinski definition) is 5. The molecular formula is C27H25F6N3O3S. The van der Waals surface area contributed by atoms with E-state index in [1.54, 1.807) is 0 Å². The van der Waals surface area contributed by atoms with Crippen LogP contribution in [0.4, 0.5) is 26.3 Å². The van der Waals surface area contributed by atoms with Crippen LogP contribution in [0.1, 0.15) is 48.3 Å². The van der Waals surface area contributed by atoms with Crippen molar-refractivity contribution in [2.75, 3.05) is 13.1 Å². The van der Waals surface area contributed by atoms with E-state index >= 15 is 0 Å². The van der Waals surface area contributed by atoms with Gasteiger partial charge in [-0.3, -0.25) is 9.78 Å². The van der Waals surface area contributed by atoms with Crippen LogP contribution in [0.25, 0.3) is 11.1 Å². The largest absolute Gasteiger partial charge is 0.417 e. The molecule has 0 radical (unpaired) electrons. The Balaban J connectivity index is 1.56. The minimum atomic E-state index is -4.71. The van der Waals surface area contributed by atoms with Crippen molar-refractivity contribution in [3.63, 3.8) is 0 Å². The van der Waals surface area contributed by atoms with Crippen molar-refractivity contribution < 1.29 is 39.6 Å². The highest BCUT2D eigenvalue weighted by Gasteiger charge is 2.45. The summed E-state index contributed by atoms with van der Waals surface area (Å²) in [4.78, 5) is 22.1. The van der Waals surface area contributed by atoms with Crippen LogP contribution in [-0.2, 0) is 22.2 Å². The summed E-state index contributed by atoms with van der Waals surface area (Å²) in [5.41, 5.74) is -1.97. The van der Waals surface area contributed by atoms with E-state index in [0.29, 0.717) is 17.8 Å². The molecule has 6 nitrogen and oxygen atoms in total. The molecule has 2 aromatic heterocycles. The molecule has 1 aliphatic heterocycles.